The van der Waals surface area contributed by atoms with Gasteiger partial charge in [0.25, 0.3) is 0 Å². The summed E-state index contributed by atoms with van der Waals surface area (Å²) in [4.78, 5) is 0. The zero-order valence-electron chi connectivity index (χ0n) is 14.9. The van der Waals surface area contributed by atoms with E-state index in [1.807, 2.05) is 0 Å². The van der Waals surface area contributed by atoms with Gasteiger partial charge in [0.1, 0.15) is 0 Å². The number of aryl methyl sites for hydroxylation is 2. The lowest BCUT2D eigenvalue weighted by Crippen LogP contribution is -2.36. The predicted molar refractivity (Wildman–Crippen MR) is 102 cm³/mol. The van der Waals surface area contributed by atoms with Gasteiger partial charge in [-0.25, -0.2) is 0 Å². The maximum absolute atomic E-state index is 3.67. The third-order valence-corrected chi connectivity index (χ3v) is 5.10. The molecule has 2 rings (SSSR count). The lowest BCUT2D eigenvalue weighted by atomic mass is 9.82. The highest BCUT2D eigenvalue weighted by atomic mass is 14.9. The zero-order chi connectivity index (χ0) is 16.7. The molecule has 2 nitrogen and oxygen atoms in total. The van der Waals surface area contributed by atoms with Crippen LogP contribution in [0.5, 0.6) is 0 Å². The number of rotatable bonds is 8. The first-order chi connectivity index (χ1) is 11.1. The summed E-state index contributed by atoms with van der Waals surface area (Å²) in [6.07, 6.45) is 2.31. The number of anilines is 2. The van der Waals surface area contributed by atoms with E-state index in [0.717, 1.165) is 25.9 Å². The summed E-state index contributed by atoms with van der Waals surface area (Å²) >= 11 is 0. The van der Waals surface area contributed by atoms with E-state index >= 15 is 0 Å². The minimum Gasteiger partial charge on any atom is -0.384 e. The third-order valence-electron chi connectivity index (χ3n) is 5.10. The fourth-order valence-corrected chi connectivity index (χ4v) is 2.92. The number of hydrogen-bond donors (Lipinski definition) is 2. The third kappa shape index (κ3) is 4.51. The molecule has 2 N–H and O–H groups in total. The van der Waals surface area contributed by atoms with Crippen LogP contribution in [0.2, 0.25) is 0 Å². The fourth-order valence-electron chi connectivity index (χ4n) is 2.92. The van der Waals surface area contributed by atoms with Crippen molar-refractivity contribution in [2.75, 3.05) is 23.7 Å². The Hall–Kier alpha value is -1.96. The van der Waals surface area contributed by atoms with Crippen LogP contribution in [-0.4, -0.2) is 13.1 Å². The molecular formula is C21H30N2. The van der Waals surface area contributed by atoms with Gasteiger partial charge in [0.2, 0.25) is 0 Å². The van der Waals surface area contributed by atoms with Gasteiger partial charge >= 0.3 is 0 Å². The van der Waals surface area contributed by atoms with Gasteiger partial charge in [0.15, 0.2) is 0 Å². The maximum Gasteiger partial charge on any atom is 0.0370 e. The largest absolute Gasteiger partial charge is 0.384 e. The van der Waals surface area contributed by atoms with Gasteiger partial charge in [-0.1, -0.05) is 50.2 Å². The van der Waals surface area contributed by atoms with Crippen molar-refractivity contribution in [3.63, 3.8) is 0 Å². The predicted octanol–water partition coefficient (Wildman–Crippen LogP) is 5.63. The van der Waals surface area contributed by atoms with Gasteiger partial charge in [-0.3, -0.25) is 0 Å². The Kier molecular flexibility index (Phi) is 6.09. The van der Waals surface area contributed by atoms with Crippen LogP contribution in [0.1, 0.15) is 37.8 Å². The van der Waals surface area contributed by atoms with E-state index in [0.29, 0.717) is 0 Å². The van der Waals surface area contributed by atoms with Crippen LogP contribution >= 0.6 is 0 Å². The number of nitrogens with one attached hydrogen (secondary N) is 2. The molecule has 23 heavy (non-hydrogen) atoms. The van der Waals surface area contributed by atoms with Crippen molar-refractivity contribution in [3.8, 4) is 0 Å². The molecule has 0 spiro atoms. The van der Waals surface area contributed by atoms with Crippen molar-refractivity contribution >= 4 is 11.4 Å². The van der Waals surface area contributed by atoms with Gasteiger partial charge < -0.3 is 10.6 Å². The van der Waals surface area contributed by atoms with E-state index in [1.165, 1.54) is 22.5 Å². The Morgan fingerprint density at radius 1 is 0.696 bits per heavy atom. The Morgan fingerprint density at radius 3 is 1.43 bits per heavy atom. The normalized spacial score (nSPS) is 11.3. The molecule has 0 aliphatic heterocycles. The molecule has 0 fully saturated rings. The molecule has 0 saturated heterocycles. The summed E-state index contributed by atoms with van der Waals surface area (Å²) in [5.41, 5.74) is 5.36. The number of benzene rings is 2. The molecule has 2 heteroatoms. The van der Waals surface area contributed by atoms with Crippen molar-refractivity contribution in [2.45, 2.75) is 40.5 Å². The van der Waals surface area contributed by atoms with Gasteiger partial charge in [-0.15, -0.1) is 0 Å². The van der Waals surface area contributed by atoms with Crippen LogP contribution < -0.4 is 10.6 Å². The molecule has 2 aromatic rings. The van der Waals surface area contributed by atoms with Gasteiger partial charge in [0.05, 0.1) is 0 Å². The van der Waals surface area contributed by atoms with Crippen molar-refractivity contribution in [1.82, 2.24) is 0 Å². The Bertz CT molecular complexity index is 563. The Labute approximate surface area is 141 Å². The smallest absolute Gasteiger partial charge is 0.0370 e. The average molecular weight is 310 g/mol. The van der Waals surface area contributed by atoms with Crippen molar-refractivity contribution in [3.05, 3.63) is 59.7 Å². The molecule has 0 aliphatic rings. The second kappa shape index (κ2) is 8.05. The van der Waals surface area contributed by atoms with Crippen LogP contribution in [0.25, 0.3) is 0 Å². The topological polar surface area (TPSA) is 24.1 Å². The van der Waals surface area contributed by atoms with E-state index in [4.69, 9.17) is 0 Å². The van der Waals surface area contributed by atoms with Crippen LogP contribution in [0.3, 0.4) is 0 Å². The lowest BCUT2D eigenvalue weighted by molar-refractivity contribution is 0.304. The summed E-state index contributed by atoms with van der Waals surface area (Å²) in [5.74, 6) is 0. The molecule has 0 unspecified atom stereocenters. The Balaban J connectivity index is 2.04. The molecule has 0 amide bonds. The first-order valence-electron chi connectivity index (χ1n) is 8.69. The highest BCUT2D eigenvalue weighted by molar-refractivity contribution is 5.51. The van der Waals surface area contributed by atoms with Crippen molar-refractivity contribution in [1.29, 1.82) is 0 Å². The maximum atomic E-state index is 3.67. The van der Waals surface area contributed by atoms with E-state index in [9.17, 15) is 0 Å². The zero-order valence-corrected chi connectivity index (χ0v) is 14.9. The molecule has 0 heterocycles. The number of hydrogen-bond acceptors (Lipinski definition) is 2. The fraction of sp³-hybridized carbons (Fsp3) is 0.429. The average Bonchev–Trinajstić information content (AvgIpc) is 2.58. The minimum absolute atomic E-state index is 0.255. The molecule has 0 bridgehead atoms. The van der Waals surface area contributed by atoms with Crippen LogP contribution in [0.4, 0.5) is 11.4 Å². The van der Waals surface area contributed by atoms with Gasteiger partial charge in [-0.2, -0.15) is 0 Å². The molecular weight excluding hydrogens is 280 g/mol. The van der Waals surface area contributed by atoms with Gasteiger partial charge in [-0.05, 0) is 49.9 Å². The lowest BCUT2D eigenvalue weighted by Gasteiger charge is -2.33. The van der Waals surface area contributed by atoms with Crippen molar-refractivity contribution < 1.29 is 0 Å². The van der Waals surface area contributed by atoms with E-state index in [1.54, 1.807) is 0 Å². The summed E-state index contributed by atoms with van der Waals surface area (Å²) < 4.78 is 0. The molecule has 0 saturated carbocycles. The standard InChI is InChI=1S/C21H30N2/c1-5-21(6-2,15-22-19-13-9-7-11-17(19)3)16-23-20-14-10-8-12-18(20)4/h7-14,22-23H,5-6,15-16H2,1-4H3. The van der Waals surface area contributed by atoms with Crippen LogP contribution in [0.15, 0.2) is 48.5 Å². The summed E-state index contributed by atoms with van der Waals surface area (Å²) in [6.45, 7) is 10.9. The number of para-hydroxylation sites is 2. The second-order valence-corrected chi connectivity index (χ2v) is 6.54. The SMILES string of the molecule is CCC(CC)(CNc1ccccc1C)CNc1ccccc1C. The Morgan fingerprint density at radius 2 is 1.09 bits per heavy atom. The summed E-state index contributed by atoms with van der Waals surface area (Å²) in [5, 5.41) is 7.33. The van der Waals surface area contributed by atoms with Crippen LogP contribution in [0, 0.1) is 19.3 Å². The summed E-state index contributed by atoms with van der Waals surface area (Å²) in [6, 6.07) is 17.0. The van der Waals surface area contributed by atoms with E-state index in [2.05, 4.69) is 86.9 Å². The molecule has 0 aliphatic carbocycles. The minimum atomic E-state index is 0.255. The monoisotopic (exact) mass is 310 g/mol. The first-order valence-corrected chi connectivity index (χ1v) is 8.69. The molecule has 0 atom stereocenters. The van der Waals surface area contributed by atoms with Crippen LogP contribution in [-0.2, 0) is 0 Å². The first kappa shape index (κ1) is 17.4. The quantitative estimate of drug-likeness (QED) is 0.660. The highest BCUT2D eigenvalue weighted by Crippen LogP contribution is 2.29. The molecule has 0 radical (unpaired) electrons. The summed E-state index contributed by atoms with van der Waals surface area (Å²) in [7, 11) is 0. The van der Waals surface area contributed by atoms with Crippen molar-refractivity contribution in [2.24, 2.45) is 5.41 Å². The van der Waals surface area contributed by atoms with E-state index < -0.39 is 0 Å². The van der Waals surface area contributed by atoms with E-state index in [-0.39, 0.29) is 5.41 Å². The highest BCUT2D eigenvalue weighted by Gasteiger charge is 2.26. The molecule has 2 aromatic carbocycles. The molecule has 0 aromatic heterocycles. The van der Waals surface area contributed by atoms with Gasteiger partial charge in [0, 0.05) is 29.9 Å². The second-order valence-electron chi connectivity index (χ2n) is 6.54. The molecule has 124 valence electrons.